The Hall–Kier alpha value is -2.41. The average molecular weight is 277 g/mol. The molecule has 1 aromatic heterocycles. The topological polar surface area (TPSA) is 85.1 Å². The fourth-order valence-corrected chi connectivity index (χ4v) is 1.66. The Labute approximate surface area is 116 Å². The van der Waals surface area contributed by atoms with Gasteiger partial charge in [0.15, 0.2) is 0 Å². The van der Waals surface area contributed by atoms with Crippen LogP contribution in [0.5, 0.6) is 5.75 Å². The number of nitrogen functional groups attached to an aromatic ring is 1. The number of benzene rings is 1. The number of nitrogens with one attached hydrogen (secondary N) is 2. The zero-order valence-electron chi connectivity index (χ0n) is 11.3. The molecule has 0 bridgehead atoms. The maximum absolute atomic E-state index is 13.8. The lowest BCUT2D eigenvalue weighted by atomic mass is 10.3. The fraction of sp³-hybridized carbons (Fsp3) is 0.231. The molecule has 2 aromatic rings. The first-order valence-electron chi connectivity index (χ1n) is 6.11. The molecule has 0 saturated heterocycles. The molecule has 0 aliphatic carbocycles. The third-order valence-electron chi connectivity index (χ3n) is 2.67. The van der Waals surface area contributed by atoms with Gasteiger partial charge in [-0.05, 0) is 12.1 Å². The Morgan fingerprint density at radius 1 is 1.25 bits per heavy atom. The van der Waals surface area contributed by atoms with E-state index in [0.717, 1.165) is 0 Å². The molecule has 0 aliphatic rings. The molecule has 4 N–H and O–H groups in total. The van der Waals surface area contributed by atoms with E-state index < -0.39 is 5.82 Å². The van der Waals surface area contributed by atoms with Crippen LogP contribution in [-0.2, 0) is 6.42 Å². The summed E-state index contributed by atoms with van der Waals surface area (Å²) in [7, 11) is 1.52. The molecule has 0 saturated carbocycles. The quantitative estimate of drug-likeness (QED) is 0.574. The number of hydrazine groups is 1. The second-order valence-corrected chi connectivity index (χ2v) is 4.02. The molecule has 1 aromatic carbocycles. The van der Waals surface area contributed by atoms with Crippen LogP contribution in [0.2, 0.25) is 0 Å². The van der Waals surface area contributed by atoms with Crippen LogP contribution in [0.1, 0.15) is 12.7 Å². The smallest absolute Gasteiger partial charge is 0.146 e. The van der Waals surface area contributed by atoms with E-state index in [0.29, 0.717) is 29.6 Å². The Morgan fingerprint density at radius 3 is 2.65 bits per heavy atom. The molecule has 1 heterocycles. The van der Waals surface area contributed by atoms with Gasteiger partial charge in [-0.1, -0.05) is 6.92 Å². The zero-order valence-corrected chi connectivity index (χ0v) is 11.3. The number of anilines is 3. The van der Waals surface area contributed by atoms with E-state index in [1.807, 2.05) is 6.92 Å². The number of nitrogens with two attached hydrogens (primary N) is 1. The molecule has 2 rings (SSSR count). The Morgan fingerprint density at radius 2 is 2.00 bits per heavy atom. The molecule has 0 fully saturated rings. The van der Waals surface area contributed by atoms with Crippen molar-refractivity contribution in [2.45, 2.75) is 13.3 Å². The van der Waals surface area contributed by atoms with Gasteiger partial charge in [-0.2, -0.15) is 0 Å². The van der Waals surface area contributed by atoms with Crippen molar-refractivity contribution in [3.63, 3.8) is 0 Å². The molecule has 0 aliphatic heterocycles. The number of aromatic nitrogens is 2. The van der Waals surface area contributed by atoms with E-state index in [1.165, 1.54) is 13.2 Å². The van der Waals surface area contributed by atoms with Crippen LogP contribution >= 0.6 is 0 Å². The van der Waals surface area contributed by atoms with E-state index in [9.17, 15) is 4.39 Å². The highest BCUT2D eigenvalue weighted by atomic mass is 19.1. The summed E-state index contributed by atoms with van der Waals surface area (Å²) in [6.45, 7) is 1.92. The summed E-state index contributed by atoms with van der Waals surface area (Å²) in [6.07, 6.45) is 0.644. The van der Waals surface area contributed by atoms with Crippen molar-refractivity contribution in [1.29, 1.82) is 0 Å². The van der Waals surface area contributed by atoms with E-state index in [2.05, 4.69) is 20.7 Å². The van der Waals surface area contributed by atoms with Crippen molar-refractivity contribution in [3.8, 4) is 5.75 Å². The Kier molecular flexibility index (Phi) is 4.31. The van der Waals surface area contributed by atoms with Crippen molar-refractivity contribution in [2.75, 3.05) is 17.9 Å². The molecule has 6 nitrogen and oxygen atoms in total. The third kappa shape index (κ3) is 3.12. The van der Waals surface area contributed by atoms with Gasteiger partial charge < -0.3 is 15.5 Å². The molecule has 0 spiro atoms. The van der Waals surface area contributed by atoms with Gasteiger partial charge in [0.2, 0.25) is 0 Å². The highest BCUT2D eigenvalue weighted by Crippen LogP contribution is 2.24. The maximum Gasteiger partial charge on any atom is 0.146 e. The second kappa shape index (κ2) is 6.16. The zero-order chi connectivity index (χ0) is 14.5. The van der Waals surface area contributed by atoms with Gasteiger partial charge in [0.05, 0.1) is 12.8 Å². The minimum Gasteiger partial charge on any atom is -0.497 e. The largest absolute Gasteiger partial charge is 0.497 e. The van der Waals surface area contributed by atoms with Crippen LogP contribution in [0.15, 0.2) is 24.3 Å². The van der Waals surface area contributed by atoms with Crippen LogP contribution in [0, 0.1) is 5.82 Å². The molecule has 20 heavy (non-hydrogen) atoms. The highest BCUT2D eigenvalue weighted by molar-refractivity contribution is 5.61. The van der Waals surface area contributed by atoms with E-state index in [1.54, 1.807) is 18.2 Å². The number of methoxy groups -OCH3 is 1. The lowest BCUT2D eigenvalue weighted by molar-refractivity contribution is 0.414. The van der Waals surface area contributed by atoms with E-state index in [-0.39, 0.29) is 5.69 Å². The summed E-state index contributed by atoms with van der Waals surface area (Å²) in [5, 5.41) is 2.89. The van der Waals surface area contributed by atoms with Gasteiger partial charge in [-0.15, -0.1) is 0 Å². The third-order valence-corrected chi connectivity index (χ3v) is 2.67. The monoisotopic (exact) mass is 277 g/mol. The maximum atomic E-state index is 13.8. The molecule has 0 amide bonds. The van der Waals surface area contributed by atoms with Crippen LogP contribution in [0.3, 0.4) is 0 Å². The average Bonchev–Trinajstić information content (AvgIpc) is 2.49. The Balaban J connectivity index is 2.33. The number of rotatable bonds is 5. The van der Waals surface area contributed by atoms with Crippen molar-refractivity contribution in [2.24, 2.45) is 5.84 Å². The van der Waals surface area contributed by atoms with Gasteiger partial charge in [0, 0.05) is 18.6 Å². The molecular formula is C13H16FN5O. The fourth-order valence-electron chi connectivity index (χ4n) is 1.66. The second-order valence-electron chi connectivity index (χ2n) is 4.02. The number of ether oxygens (including phenoxy) is 1. The molecular weight excluding hydrogens is 261 g/mol. The van der Waals surface area contributed by atoms with Gasteiger partial charge in [0.25, 0.3) is 0 Å². The molecule has 0 radical (unpaired) electrons. The standard InChI is InChI=1S/C13H16FN5O/c1-3-11-17-12(7-13(18-11)19-15)16-10-6-8(20-2)4-5-9(10)14/h4-7H,3,15H2,1-2H3,(H2,16,17,18,19). The minimum absolute atomic E-state index is 0.271. The lowest BCUT2D eigenvalue weighted by Gasteiger charge is -2.11. The first-order chi connectivity index (χ1) is 9.66. The van der Waals surface area contributed by atoms with Gasteiger partial charge >= 0.3 is 0 Å². The molecule has 7 heteroatoms. The predicted octanol–water partition coefficient (Wildman–Crippen LogP) is 2.22. The SMILES string of the molecule is CCc1nc(NN)cc(Nc2cc(OC)ccc2F)n1. The van der Waals surface area contributed by atoms with Crippen molar-refractivity contribution < 1.29 is 9.13 Å². The normalized spacial score (nSPS) is 10.2. The number of hydrogen-bond acceptors (Lipinski definition) is 6. The summed E-state index contributed by atoms with van der Waals surface area (Å²) in [4.78, 5) is 8.43. The Bertz CT molecular complexity index is 583. The van der Waals surface area contributed by atoms with Crippen LogP contribution in [0.4, 0.5) is 21.7 Å². The van der Waals surface area contributed by atoms with Crippen molar-refractivity contribution in [1.82, 2.24) is 9.97 Å². The van der Waals surface area contributed by atoms with Gasteiger partial charge in [0.1, 0.15) is 29.0 Å². The van der Waals surface area contributed by atoms with Gasteiger partial charge in [-0.3, -0.25) is 0 Å². The van der Waals surface area contributed by atoms with Crippen LogP contribution in [0.25, 0.3) is 0 Å². The molecule has 106 valence electrons. The molecule has 0 atom stereocenters. The summed E-state index contributed by atoms with van der Waals surface area (Å²) >= 11 is 0. The number of nitrogens with zero attached hydrogens (tertiary/aromatic N) is 2. The predicted molar refractivity (Wildman–Crippen MR) is 75.5 cm³/mol. The first-order valence-corrected chi connectivity index (χ1v) is 6.11. The van der Waals surface area contributed by atoms with Crippen LogP contribution in [-0.4, -0.2) is 17.1 Å². The van der Waals surface area contributed by atoms with Crippen molar-refractivity contribution in [3.05, 3.63) is 35.9 Å². The number of hydrogen-bond donors (Lipinski definition) is 3. The number of halogens is 1. The van der Waals surface area contributed by atoms with Crippen LogP contribution < -0.4 is 21.3 Å². The van der Waals surface area contributed by atoms with E-state index in [4.69, 9.17) is 10.6 Å². The summed E-state index contributed by atoms with van der Waals surface area (Å²) in [5.41, 5.74) is 2.73. The number of aryl methyl sites for hydroxylation is 1. The van der Waals surface area contributed by atoms with Gasteiger partial charge in [-0.25, -0.2) is 20.2 Å². The lowest BCUT2D eigenvalue weighted by Crippen LogP contribution is -2.11. The van der Waals surface area contributed by atoms with E-state index >= 15 is 0 Å². The summed E-state index contributed by atoms with van der Waals surface area (Å²) in [5.74, 6) is 7.02. The summed E-state index contributed by atoms with van der Waals surface area (Å²) < 4.78 is 18.8. The molecule has 0 unspecified atom stereocenters. The first kappa shape index (κ1) is 14.0. The minimum atomic E-state index is -0.398. The summed E-state index contributed by atoms with van der Waals surface area (Å²) in [6, 6.07) is 6.02. The van der Waals surface area contributed by atoms with Crippen molar-refractivity contribution >= 4 is 17.3 Å². The highest BCUT2D eigenvalue weighted by Gasteiger charge is 2.07.